The number of hydrogen-bond donors (Lipinski definition) is 0. The first-order valence-electron chi connectivity index (χ1n) is 9.64. The van der Waals surface area contributed by atoms with Crippen LogP contribution in [-0.4, -0.2) is 63.5 Å². The van der Waals surface area contributed by atoms with Crippen molar-refractivity contribution in [3.8, 4) is 11.4 Å². The monoisotopic (exact) mass is 405 g/mol. The highest BCUT2D eigenvalue weighted by atomic mass is 32.2. The zero-order valence-corrected chi connectivity index (χ0v) is 17.4. The van der Waals surface area contributed by atoms with Gasteiger partial charge in [-0.25, -0.2) is 8.42 Å². The number of amides is 1. The number of carbonyl (C=O) groups is 1. The maximum absolute atomic E-state index is 12.9. The number of aryl methyl sites for hydroxylation is 1. The summed E-state index contributed by atoms with van der Waals surface area (Å²) in [6, 6.07) is 7.65. The second-order valence-corrected chi connectivity index (χ2v) is 9.92. The van der Waals surface area contributed by atoms with Gasteiger partial charge >= 0.3 is 0 Å². The predicted molar refractivity (Wildman–Crippen MR) is 106 cm³/mol. The summed E-state index contributed by atoms with van der Waals surface area (Å²) < 4.78 is 23.7. The van der Waals surface area contributed by atoms with E-state index in [9.17, 15) is 13.2 Å². The van der Waals surface area contributed by atoms with E-state index in [1.807, 2.05) is 38.1 Å². The van der Waals surface area contributed by atoms with Crippen molar-refractivity contribution in [2.45, 2.75) is 46.2 Å². The summed E-state index contributed by atoms with van der Waals surface area (Å²) in [5.41, 5.74) is 2.07. The van der Waals surface area contributed by atoms with Crippen molar-refractivity contribution in [3.63, 3.8) is 0 Å². The van der Waals surface area contributed by atoms with Gasteiger partial charge in [-0.05, 0) is 29.5 Å². The standard InChI is InChI=1S/C19H27N5O3S/c1-4-15-5-7-16(8-6-15)19-20-22-24(21-19)12-18(25)23(11-14(2)3)17-9-10-28(26,27)13-17/h5-8,14,17H,4,9-13H2,1-3H3/t17-/m0/s1. The Morgan fingerprint density at radius 2 is 2.00 bits per heavy atom. The van der Waals surface area contributed by atoms with E-state index in [0.29, 0.717) is 18.8 Å². The molecule has 3 rings (SSSR count). The normalized spacial score (nSPS) is 18.5. The van der Waals surface area contributed by atoms with Crippen molar-refractivity contribution in [3.05, 3.63) is 29.8 Å². The molecular weight excluding hydrogens is 378 g/mol. The maximum atomic E-state index is 12.9. The average molecular weight is 406 g/mol. The van der Waals surface area contributed by atoms with Gasteiger partial charge in [-0.3, -0.25) is 4.79 Å². The Morgan fingerprint density at radius 3 is 2.57 bits per heavy atom. The van der Waals surface area contributed by atoms with Crippen LogP contribution in [0.3, 0.4) is 0 Å². The molecule has 1 fully saturated rings. The lowest BCUT2D eigenvalue weighted by Crippen LogP contribution is -2.45. The molecule has 2 heterocycles. The zero-order chi connectivity index (χ0) is 20.3. The van der Waals surface area contributed by atoms with Gasteiger partial charge in [-0.15, -0.1) is 10.2 Å². The van der Waals surface area contributed by atoms with Crippen molar-refractivity contribution in [2.75, 3.05) is 18.1 Å². The highest BCUT2D eigenvalue weighted by Gasteiger charge is 2.35. The van der Waals surface area contributed by atoms with Crippen LogP contribution >= 0.6 is 0 Å². The first kappa shape index (κ1) is 20.4. The van der Waals surface area contributed by atoms with Crippen LogP contribution in [0, 0.1) is 5.92 Å². The molecule has 152 valence electrons. The SMILES string of the molecule is CCc1ccc(-c2nnn(CC(=O)N(CC(C)C)[C@H]3CCS(=O)(=O)C3)n2)cc1. The smallest absolute Gasteiger partial charge is 0.246 e. The fourth-order valence-electron chi connectivity index (χ4n) is 3.40. The second kappa shape index (κ2) is 8.38. The summed E-state index contributed by atoms with van der Waals surface area (Å²) in [4.78, 5) is 15.8. The quantitative estimate of drug-likeness (QED) is 0.694. The van der Waals surface area contributed by atoms with Gasteiger partial charge in [-0.1, -0.05) is 45.0 Å². The molecule has 8 nitrogen and oxygen atoms in total. The third-order valence-corrected chi connectivity index (χ3v) is 6.63. The molecule has 28 heavy (non-hydrogen) atoms. The molecule has 0 radical (unpaired) electrons. The number of rotatable bonds is 7. The number of nitrogens with zero attached hydrogens (tertiary/aromatic N) is 5. The van der Waals surface area contributed by atoms with Crippen molar-refractivity contribution < 1.29 is 13.2 Å². The molecule has 1 aliphatic rings. The minimum atomic E-state index is -3.06. The Kier molecular flexibility index (Phi) is 6.12. The van der Waals surface area contributed by atoms with E-state index in [-0.39, 0.29) is 35.9 Å². The molecule has 1 amide bonds. The third kappa shape index (κ3) is 4.95. The van der Waals surface area contributed by atoms with Crippen LogP contribution in [0.4, 0.5) is 0 Å². The van der Waals surface area contributed by atoms with Gasteiger partial charge in [0, 0.05) is 18.2 Å². The molecule has 0 saturated carbocycles. The summed E-state index contributed by atoms with van der Waals surface area (Å²) in [7, 11) is -3.06. The van der Waals surface area contributed by atoms with Crippen LogP contribution in [0.2, 0.25) is 0 Å². The molecule has 0 aliphatic carbocycles. The minimum Gasteiger partial charge on any atom is -0.337 e. The number of sulfone groups is 1. The topological polar surface area (TPSA) is 98.0 Å². The zero-order valence-electron chi connectivity index (χ0n) is 16.6. The summed E-state index contributed by atoms with van der Waals surface area (Å²) >= 11 is 0. The van der Waals surface area contributed by atoms with Gasteiger partial charge in [0.1, 0.15) is 6.54 Å². The Balaban J connectivity index is 1.72. The van der Waals surface area contributed by atoms with Crippen molar-refractivity contribution in [1.82, 2.24) is 25.1 Å². The Hall–Kier alpha value is -2.29. The largest absolute Gasteiger partial charge is 0.337 e. The van der Waals surface area contributed by atoms with Gasteiger partial charge in [-0.2, -0.15) is 4.80 Å². The highest BCUT2D eigenvalue weighted by molar-refractivity contribution is 7.91. The lowest BCUT2D eigenvalue weighted by atomic mass is 10.1. The minimum absolute atomic E-state index is 0.0330. The van der Waals surface area contributed by atoms with Crippen molar-refractivity contribution >= 4 is 15.7 Å². The van der Waals surface area contributed by atoms with Crippen molar-refractivity contribution in [1.29, 1.82) is 0 Å². The Morgan fingerprint density at radius 1 is 1.29 bits per heavy atom. The Labute approximate surface area is 165 Å². The Bertz CT molecular complexity index is 921. The van der Waals surface area contributed by atoms with E-state index < -0.39 is 9.84 Å². The van der Waals surface area contributed by atoms with Gasteiger partial charge in [0.05, 0.1) is 11.5 Å². The predicted octanol–water partition coefficient (Wildman–Crippen LogP) is 1.57. The molecule has 0 spiro atoms. The molecule has 1 atom stereocenters. The van der Waals surface area contributed by atoms with Crippen LogP contribution in [0.15, 0.2) is 24.3 Å². The summed E-state index contributed by atoms with van der Waals surface area (Å²) in [5.74, 6) is 0.698. The fraction of sp³-hybridized carbons (Fsp3) is 0.579. The summed E-state index contributed by atoms with van der Waals surface area (Å²) in [5, 5.41) is 12.4. The summed E-state index contributed by atoms with van der Waals surface area (Å²) in [6.07, 6.45) is 1.44. The summed E-state index contributed by atoms with van der Waals surface area (Å²) in [6.45, 7) is 6.57. The fourth-order valence-corrected chi connectivity index (χ4v) is 5.13. The van der Waals surface area contributed by atoms with Gasteiger partial charge < -0.3 is 4.90 Å². The molecule has 1 aromatic carbocycles. The van der Waals surface area contributed by atoms with E-state index >= 15 is 0 Å². The van der Waals surface area contributed by atoms with Crippen LogP contribution in [0.5, 0.6) is 0 Å². The number of aromatic nitrogens is 4. The molecule has 9 heteroatoms. The van der Waals surface area contributed by atoms with Crippen LogP contribution < -0.4 is 0 Å². The molecule has 1 aliphatic heterocycles. The van der Waals surface area contributed by atoms with E-state index in [0.717, 1.165) is 12.0 Å². The first-order chi connectivity index (χ1) is 13.3. The number of hydrogen-bond acceptors (Lipinski definition) is 6. The maximum Gasteiger partial charge on any atom is 0.246 e. The average Bonchev–Trinajstić information content (AvgIpc) is 3.25. The number of carbonyl (C=O) groups excluding carboxylic acids is 1. The first-order valence-corrected chi connectivity index (χ1v) is 11.5. The molecule has 1 aromatic heterocycles. The number of benzene rings is 1. The molecule has 2 aromatic rings. The van der Waals surface area contributed by atoms with Crippen LogP contribution in [0.25, 0.3) is 11.4 Å². The number of tetrazole rings is 1. The van der Waals surface area contributed by atoms with Gasteiger partial charge in [0.25, 0.3) is 0 Å². The molecule has 0 bridgehead atoms. The van der Waals surface area contributed by atoms with Crippen LogP contribution in [-0.2, 0) is 27.6 Å². The molecule has 0 unspecified atom stereocenters. The second-order valence-electron chi connectivity index (χ2n) is 7.69. The van der Waals surface area contributed by atoms with E-state index in [1.165, 1.54) is 10.4 Å². The molecular formula is C19H27N5O3S. The van der Waals surface area contributed by atoms with Crippen molar-refractivity contribution in [2.24, 2.45) is 5.92 Å². The van der Waals surface area contributed by atoms with Gasteiger partial charge in [0.2, 0.25) is 11.7 Å². The van der Waals surface area contributed by atoms with Gasteiger partial charge in [0.15, 0.2) is 9.84 Å². The van der Waals surface area contributed by atoms with E-state index in [2.05, 4.69) is 22.3 Å². The highest BCUT2D eigenvalue weighted by Crippen LogP contribution is 2.20. The van der Waals surface area contributed by atoms with Crippen LogP contribution in [0.1, 0.15) is 32.8 Å². The molecule has 1 saturated heterocycles. The lowest BCUT2D eigenvalue weighted by molar-refractivity contribution is -0.134. The third-order valence-electron chi connectivity index (χ3n) is 4.88. The molecule has 0 N–H and O–H groups in total. The van der Waals surface area contributed by atoms with E-state index in [4.69, 9.17) is 0 Å². The lowest BCUT2D eigenvalue weighted by Gasteiger charge is -2.29. The van der Waals surface area contributed by atoms with E-state index in [1.54, 1.807) is 4.90 Å².